The Morgan fingerprint density at radius 3 is 1.18 bits per heavy atom. The first-order valence-electron chi connectivity index (χ1n) is 4.77. The Hall–Kier alpha value is 0.434. The van der Waals surface area contributed by atoms with Crippen LogP contribution in [0.3, 0.4) is 0 Å². The molecular weight excluding hydrogens is 164 g/mol. The summed E-state index contributed by atoms with van der Waals surface area (Å²) in [5, 5.41) is 0. The van der Waals surface area contributed by atoms with E-state index in [1.807, 2.05) is 0 Å². The van der Waals surface area contributed by atoms with Crippen LogP contribution in [0.1, 0.15) is 13.8 Å². The van der Waals surface area contributed by atoms with Crippen molar-refractivity contribution < 1.29 is 0 Å². The van der Waals surface area contributed by atoms with E-state index in [2.05, 4.69) is 40.0 Å². The largest absolute Gasteiger partial charge is 0.0694 e. The number of hydrogen-bond donors (Lipinski definition) is 0. The molecule has 66 valence electrons. The summed E-state index contributed by atoms with van der Waals surface area (Å²) in [6, 6.07) is 0. The predicted octanol–water partition coefficient (Wildman–Crippen LogP) is 3.74. The fourth-order valence-corrected chi connectivity index (χ4v) is 20.2. The van der Waals surface area contributed by atoms with Crippen LogP contribution in [-0.2, 0) is 0 Å². The molecule has 1 saturated heterocycles. The zero-order valence-electron chi connectivity index (χ0n) is 8.86. The van der Waals surface area contributed by atoms with E-state index in [1.54, 1.807) is 5.67 Å². The Kier molecular flexibility index (Phi) is 2.13. The Balaban J connectivity index is 2.86. The molecule has 1 rings (SSSR count). The van der Waals surface area contributed by atoms with Crippen molar-refractivity contribution in [3.8, 4) is 0 Å². The highest BCUT2D eigenvalue weighted by atomic mass is 28.4. The van der Waals surface area contributed by atoms with Gasteiger partial charge in [0, 0.05) is 16.1 Å². The van der Waals surface area contributed by atoms with Crippen LogP contribution >= 0.6 is 0 Å². The molecule has 11 heavy (non-hydrogen) atoms. The van der Waals surface area contributed by atoms with Crippen LogP contribution < -0.4 is 0 Å². The average molecular weight is 186 g/mol. The first kappa shape index (κ1) is 9.52. The highest BCUT2D eigenvalue weighted by Crippen LogP contribution is 2.52. The molecule has 0 aliphatic carbocycles. The molecule has 1 fully saturated rings. The van der Waals surface area contributed by atoms with Gasteiger partial charge in [-0.15, -0.1) is 0 Å². The van der Waals surface area contributed by atoms with Crippen LogP contribution in [0.2, 0.25) is 42.9 Å². The second-order valence-corrected chi connectivity index (χ2v) is 16.9. The highest BCUT2D eigenvalue weighted by Gasteiger charge is 2.49. The Bertz CT molecular complexity index is 143. The summed E-state index contributed by atoms with van der Waals surface area (Å²) in [6.07, 6.45) is 0. The summed E-state index contributed by atoms with van der Waals surface area (Å²) >= 11 is 0. The predicted molar refractivity (Wildman–Crippen MR) is 58.6 cm³/mol. The zero-order valence-corrected chi connectivity index (χ0v) is 10.9. The van der Waals surface area contributed by atoms with Gasteiger partial charge in [0.2, 0.25) is 0 Å². The van der Waals surface area contributed by atoms with Gasteiger partial charge in [0.1, 0.15) is 0 Å². The van der Waals surface area contributed by atoms with Crippen LogP contribution in [0.4, 0.5) is 0 Å². The molecule has 0 aromatic heterocycles. The second-order valence-electron chi connectivity index (χ2n) is 5.73. The van der Waals surface area contributed by atoms with Crippen molar-refractivity contribution >= 4 is 16.1 Å². The normalized spacial score (nSPS) is 40.9. The van der Waals surface area contributed by atoms with Gasteiger partial charge in [-0.25, -0.2) is 0 Å². The van der Waals surface area contributed by atoms with E-state index in [9.17, 15) is 0 Å². The average Bonchev–Trinajstić information content (AvgIpc) is 1.91. The van der Waals surface area contributed by atoms with Crippen LogP contribution in [0, 0.1) is 0 Å². The van der Waals surface area contributed by atoms with Crippen molar-refractivity contribution in [3.05, 3.63) is 0 Å². The molecule has 2 unspecified atom stereocenters. The maximum Gasteiger partial charge on any atom is 0.0475 e. The molecule has 0 spiro atoms. The van der Waals surface area contributed by atoms with Gasteiger partial charge in [0.15, 0.2) is 0 Å². The SMILES string of the molecule is CC1C(C)[Si](C)(C)C[Si]1(C)C. The fraction of sp³-hybridized carbons (Fsp3) is 1.00. The monoisotopic (exact) mass is 186 g/mol. The van der Waals surface area contributed by atoms with E-state index < -0.39 is 16.1 Å². The lowest BCUT2D eigenvalue weighted by molar-refractivity contribution is 0.835. The molecule has 0 aromatic carbocycles. The molecule has 1 heterocycles. The van der Waals surface area contributed by atoms with Gasteiger partial charge in [0.05, 0.1) is 0 Å². The topological polar surface area (TPSA) is 0 Å². The van der Waals surface area contributed by atoms with Gasteiger partial charge in [-0.1, -0.05) is 45.7 Å². The molecular formula is C9H22Si2. The van der Waals surface area contributed by atoms with Crippen LogP contribution in [0.15, 0.2) is 0 Å². The third kappa shape index (κ3) is 1.47. The van der Waals surface area contributed by atoms with Gasteiger partial charge in [-0.05, 0) is 11.1 Å². The molecule has 0 aromatic rings. The molecule has 2 atom stereocenters. The van der Waals surface area contributed by atoms with E-state index >= 15 is 0 Å². The zero-order chi connectivity index (χ0) is 8.86. The van der Waals surface area contributed by atoms with Gasteiger partial charge < -0.3 is 0 Å². The number of rotatable bonds is 0. The molecule has 0 N–H and O–H groups in total. The first-order valence-corrected chi connectivity index (χ1v) is 11.3. The molecule has 0 radical (unpaired) electrons. The minimum absolute atomic E-state index is 0.780. The van der Waals surface area contributed by atoms with Gasteiger partial charge in [-0.3, -0.25) is 0 Å². The highest BCUT2D eigenvalue weighted by molar-refractivity contribution is 7.01. The summed E-state index contributed by atoms with van der Waals surface area (Å²) in [5.41, 5.74) is 3.80. The minimum Gasteiger partial charge on any atom is -0.0694 e. The van der Waals surface area contributed by atoms with Gasteiger partial charge in [-0.2, -0.15) is 0 Å². The van der Waals surface area contributed by atoms with Crippen LogP contribution in [0.25, 0.3) is 0 Å². The van der Waals surface area contributed by atoms with Crippen molar-refractivity contribution in [1.29, 1.82) is 0 Å². The third-order valence-electron chi connectivity index (χ3n) is 4.13. The molecule has 1 aliphatic rings. The van der Waals surface area contributed by atoms with Crippen molar-refractivity contribution in [3.63, 3.8) is 0 Å². The van der Waals surface area contributed by atoms with Crippen molar-refractivity contribution in [2.75, 3.05) is 0 Å². The van der Waals surface area contributed by atoms with Crippen molar-refractivity contribution in [1.82, 2.24) is 0 Å². The molecule has 0 amide bonds. The van der Waals surface area contributed by atoms with Crippen LogP contribution in [-0.4, -0.2) is 16.1 Å². The van der Waals surface area contributed by atoms with Gasteiger partial charge in [0.25, 0.3) is 0 Å². The Labute approximate surface area is 73.4 Å². The molecule has 0 nitrogen and oxygen atoms in total. The maximum atomic E-state index is 2.58. The summed E-state index contributed by atoms with van der Waals surface area (Å²) < 4.78 is 0. The molecule has 0 saturated carbocycles. The molecule has 2 heteroatoms. The van der Waals surface area contributed by atoms with E-state index in [0.29, 0.717) is 0 Å². The summed E-state index contributed by atoms with van der Waals surface area (Å²) in [7, 11) is -1.56. The van der Waals surface area contributed by atoms with E-state index in [0.717, 1.165) is 11.1 Å². The van der Waals surface area contributed by atoms with Crippen molar-refractivity contribution in [2.24, 2.45) is 0 Å². The minimum atomic E-state index is -0.780. The molecule has 1 aliphatic heterocycles. The lowest BCUT2D eigenvalue weighted by Gasteiger charge is -2.24. The second kappa shape index (κ2) is 2.46. The van der Waals surface area contributed by atoms with E-state index in [1.165, 1.54) is 0 Å². The maximum absolute atomic E-state index is 2.58. The summed E-state index contributed by atoms with van der Waals surface area (Å²) in [6.45, 7) is 15.3. The lowest BCUT2D eigenvalue weighted by atomic mass is 10.3. The summed E-state index contributed by atoms with van der Waals surface area (Å²) in [5.74, 6) is 0. The summed E-state index contributed by atoms with van der Waals surface area (Å²) in [4.78, 5) is 0. The van der Waals surface area contributed by atoms with Crippen LogP contribution in [0.5, 0.6) is 0 Å². The fourth-order valence-electron chi connectivity index (χ4n) is 2.85. The van der Waals surface area contributed by atoms with Gasteiger partial charge >= 0.3 is 0 Å². The number of hydrogen-bond acceptors (Lipinski definition) is 0. The quantitative estimate of drug-likeness (QED) is 0.506. The third-order valence-corrected chi connectivity index (χ3v) is 17.7. The first-order chi connectivity index (χ1) is 4.77. The Morgan fingerprint density at radius 2 is 1.09 bits per heavy atom. The smallest absolute Gasteiger partial charge is 0.0475 e. The molecule has 0 bridgehead atoms. The standard InChI is InChI=1S/C9H22Si2/c1-8-9(2)11(5,6)7-10(8,3)4/h8-9H,7H2,1-6H3. The Morgan fingerprint density at radius 1 is 0.818 bits per heavy atom. The lowest BCUT2D eigenvalue weighted by Crippen LogP contribution is -2.29. The van der Waals surface area contributed by atoms with E-state index in [4.69, 9.17) is 0 Å². The van der Waals surface area contributed by atoms with E-state index in [-0.39, 0.29) is 0 Å². The van der Waals surface area contributed by atoms with Crippen molar-refractivity contribution in [2.45, 2.75) is 56.8 Å².